The Kier molecular flexibility index (Phi) is 3.99. The Labute approximate surface area is 113 Å². The molecule has 2 unspecified atom stereocenters. The number of hydrogen-bond donors (Lipinski definition) is 2. The quantitative estimate of drug-likeness (QED) is 0.793. The minimum Gasteiger partial charge on any atom is -0.480 e. The lowest BCUT2D eigenvalue weighted by Crippen LogP contribution is -2.54. The predicted octanol–water partition coefficient (Wildman–Crippen LogP) is 0.750. The Morgan fingerprint density at radius 3 is 2.74 bits per heavy atom. The summed E-state index contributed by atoms with van der Waals surface area (Å²) in [5, 5.41) is 18.3. The first-order valence-corrected chi connectivity index (χ1v) is 6.90. The van der Waals surface area contributed by atoms with E-state index in [9.17, 15) is 14.7 Å². The van der Waals surface area contributed by atoms with E-state index in [1.54, 1.807) is 11.8 Å². The van der Waals surface area contributed by atoms with Gasteiger partial charge in [-0.2, -0.15) is 0 Å². The molecular weight excluding hydrogens is 248 g/mol. The van der Waals surface area contributed by atoms with Gasteiger partial charge >= 0.3 is 12.0 Å². The summed E-state index contributed by atoms with van der Waals surface area (Å²) in [6.45, 7) is 3.58. The molecule has 2 aliphatic heterocycles. The molecule has 0 aliphatic carbocycles. The second-order valence-corrected chi connectivity index (χ2v) is 5.73. The molecule has 0 aromatic heterocycles. The molecule has 0 bridgehead atoms. The third-order valence-corrected chi connectivity index (χ3v) is 4.43. The Bertz CT molecular complexity index is 374. The highest BCUT2D eigenvalue weighted by molar-refractivity contribution is 5.86. The lowest BCUT2D eigenvalue weighted by molar-refractivity contribution is -0.147. The Hall–Kier alpha value is -1.30. The Morgan fingerprint density at radius 2 is 2.11 bits per heavy atom. The van der Waals surface area contributed by atoms with E-state index in [0.717, 1.165) is 12.8 Å². The fourth-order valence-corrected chi connectivity index (χ4v) is 3.09. The Morgan fingerprint density at radius 1 is 1.37 bits per heavy atom. The van der Waals surface area contributed by atoms with Gasteiger partial charge in [-0.3, -0.25) is 0 Å². The smallest absolute Gasteiger partial charge is 0.329 e. The molecule has 108 valence electrons. The summed E-state index contributed by atoms with van der Waals surface area (Å²) in [5.74, 6) is -0.586. The van der Waals surface area contributed by atoms with Crippen LogP contribution in [0.5, 0.6) is 0 Å². The van der Waals surface area contributed by atoms with E-state index in [2.05, 4.69) is 0 Å². The van der Waals surface area contributed by atoms with Crippen molar-refractivity contribution in [2.45, 2.75) is 38.1 Å². The zero-order chi connectivity index (χ0) is 14.0. The van der Waals surface area contributed by atoms with Crippen LogP contribution in [0.3, 0.4) is 0 Å². The van der Waals surface area contributed by atoms with Gasteiger partial charge in [0.15, 0.2) is 0 Å². The van der Waals surface area contributed by atoms with E-state index in [-0.39, 0.29) is 12.6 Å². The molecule has 2 saturated heterocycles. The molecule has 2 amide bonds. The van der Waals surface area contributed by atoms with Gasteiger partial charge in [0.25, 0.3) is 0 Å². The molecule has 0 radical (unpaired) electrons. The number of carbonyl (C=O) groups is 2. The van der Waals surface area contributed by atoms with Crippen LogP contribution in [0, 0.1) is 5.92 Å². The molecule has 2 atom stereocenters. The summed E-state index contributed by atoms with van der Waals surface area (Å²) in [5.41, 5.74) is -1.06. The van der Waals surface area contributed by atoms with Crippen LogP contribution in [0.25, 0.3) is 0 Å². The van der Waals surface area contributed by atoms with E-state index in [0.29, 0.717) is 38.4 Å². The molecule has 2 fully saturated rings. The van der Waals surface area contributed by atoms with Crippen LogP contribution < -0.4 is 0 Å². The second kappa shape index (κ2) is 5.36. The number of aliphatic hydroxyl groups excluding tert-OH is 1. The SMILES string of the molecule is CC1(C(=O)O)CCCN1C(=O)N1CCC(CCO)C1. The summed E-state index contributed by atoms with van der Waals surface area (Å²) in [6.07, 6.45) is 2.86. The number of hydrogen-bond acceptors (Lipinski definition) is 3. The van der Waals surface area contributed by atoms with Crippen molar-refractivity contribution in [3.8, 4) is 0 Å². The van der Waals surface area contributed by atoms with Gasteiger partial charge in [0.2, 0.25) is 0 Å². The maximum absolute atomic E-state index is 12.4. The van der Waals surface area contributed by atoms with Crippen LogP contribution in [-0.2, 0) is 4.79 Å². The largest absolute Gasteiger partial charge is 0.480 e. The minimum atomic E-state index is -1.06. The molecule has 2 aliphatic rings. The zero-order valence-corrected chi connectivity index (χ0v) is 11.3. The highest BCUT2D eigenvalue weighted by atomic mass is 16.4. The monoisotopic (exact) mass is 270 g/mol. The minimum absolute atomic E-state index is 0.142. The average Bonchev–Trinajstić information content (AvgIpc) is 2.96. The van der Waals surface area contributed by atoms with E-state index >= 15 is 0 Å². The van der Waals surface area contributed by atoms with Gasteiger partial charge in [0, 0.05) is 26.2 Å². The molecule has 2 rings (SSSR count). The van der Waals surface area contributed by atoms with Crippen LogP contribution in [0.1, 0.15) is 32.6 Å². The number of rotatable bonds is 3. The maximum atomic E-state index is 12.4. The van der Waals surface area contributed by atoms with Gasteiger partial charge in [0.05, 0.1) is 0 Å². The van der Waals surface area contributed by atoms with Crippen molar-refractivity contribution in [1.82, 2.24) is 9.80 Å². The summed E-state index contributed by atoms with van der Waals surface area (Å²) in [7, 11) is 0. The summed E-state index contributed by atoms with van der Waals surface area (Å²) >= 11 is 0. The van der Waals surface area contributed by atoms with Gasteiger partial charge in [-0.25, -0.2) is 9.59 Å². The molecule has 6 nitrogen and oxygen atoms in total. The third kappa shape index (κ3) is 2.54. The summed E-state index contributed by atoms with van der Waals surface area (Å²) in [4.78, 5) is 27.0. The summed E-state index contributed by atoms with van der Waals surface area (Å²) in [6, 6.07) is -0.164. The molecular formula is C13H22N2O4. The molecule has 0 aromatic carbocycles. The van der Waals surface area contributed by atoms with Crippen molar-refractivity contribution >= 4 is 12.0 Å². The van der Waals surface area contributed by atoms with Crippen molar-refractivity contribution in [2.75, 3.05) is 26.2 Å². The van der Waals surface area contributed by atoms with E-state index in [1.165, 1.54) is 4.90 Å². The van der Waals surface area contributed by atoms with Gasteiger partial charge in [-0.15, -0.1) is 0 Å². The number of amides is 2. The predicted molar refractivity (Wildman–Crippen MR) is 68.8 cm³/mol. The lowest BCUT2D eigenvalue weighted by atomic mass is 10.00. The molecule has 0 spiro atoms. The first-order valence-electron chi connectivity index (χ1n) is 6.90. The lowest BCUT2D eigenvalue weighted by Gasteiger charge is -2.34. The fraction of sp³-hybridized carbons (Fsp3) is 0.846. The van der Waals surface area contributed by atoms with E-state index in [4.69, 9.17) is 5.11 Å². The van der Waals surface area contributed by atoms with E-state index < -0.39 is 11.5 Å². The van der Waals surface area contributed by atoms with E-state index in [1.807, 2.05) is 0 Å². The molecule has 2 N–H and O–H groups in total. The normalized spacial score (nSPS) is 30.9. The van der Waals surface area contributed by atoms with Crippen molar-refractivity contribution in [3.05, 3.63) is 0 Å². The van der Waals surface area contributed by atoms with Crippen LogP contribution in [-0.4, -0.2) is 63.8 Å². The van der Waals surface area contributed by atoms with Crippen molar-refractivity contribution < 1.29 is 19.8 Å². The standard InChI is InChI=1S/C13H22N2O4/c1-13(11(17)18)5-2-6-15(13)12(19)14-7-3-10(9-14)4-8-16/h10,16H,2-9H2,1H3,(H,17,18). The van der Waals surface area contributed by atoms with Gasteiger partial charge < -0.3 is 20.0 Å². The number of nitrogens with zero attached hydrogens (tertiary/aromatic N) is 2. The third-order valence-electron chi connectivity index (χ3n) is 4.43. The maximum Gasteiger partial charge on any atom is 0.329 e. The van der Waals surface area contributed by atoms with Gasteiger partial charge in [0.1, 0.15) is 5.54 Å². The summed E-state index contributed by atoms with van der Waals surface area (Å²) < 4.78 is 0. The topological polar surface area (TPSA) is 81.1 Å². The number of carboxylic acids is 1. The number of aliphatic hydroxyl groups is 1. The molecule has 0 aromatic rings. The van der Waals surface area contributed by atoms with Crippen LogP contribution >= 0.6 is 0 Å². The molecule has 6 heteroatoms. The Balaban J connectivity index is 2.02. The van der Waals surface area contributed by atoms with Crippen LogP contribution in [0.4, 0.5) is 4.79 Å². The van der Waals surface area contributed by atoms with Crippen molar-refractivity contribution in [2.24, 2.45) is 5.92 Å². The highest BCUT2D eigenvalue weighted by Gasteiger charge is 2.47. The number of carboxylic acid groups (broad SMARTS) is 1. The first-order chi connectivity index (χ1) is 8.99. The molecule has 0 saturated carbocycles. The van der Waals surface area contributed by atoms with Crippen LogP contribution in [0.2, 0.25) is 0 Å². The number of urea groups is 1. The molecule has 19 heavy (non-hydrogen) atoms. The zero-order valence-electron chi connectivity index (χ0n) is 11.3. The average molecular weight is 270 g/mol. The second-order valence-electron chi connectivity index (χ2n) is 5.73. The van der Waals surface area contributed by atoms with Crippen molar-refractivity contribution in [1.29, 1.82) is 0 Å². The van der Waals surface area contributed by atoms with Crippen molar-refractivity contribution in [3.63, 3.8) is 0 Å². The number of aliphatic carboxylic acids is 1. The molecule has 2 heterocycles. The van der Waals surface area contributed by atoms with Gasteiger partial charge in [-0.1, -0.05) is 0 Å². The fourth-order valence-electron chi connectivity index (χ4n) is 3.09. The van der Waals surface area contributed by atoms with Crippen LogP contribution in [0.15, 0.2) is 0 Å². The van der Waals surface area contributed by atoms with Gasteiger partial charge in [-0.05, 0) is 38.5 Å². The highest BCUT2D eigenvalue weighted by Crippen LogP contribution is 2.31. The number of likely N-dealkylation sites (tertiary alicyclic amines) is 2. The first kappa shape index (κ1) is 14.1. The number of carbonyl (C=O) groups excluding carboxylic acids is 1.